The van der Waals surface area contributed by atoms with Gasteiger partial charge in [0.1, 0.15) is 23.4 Å². The van der Waals surface area contributed by atoms with Gasteiger partial charge in [-0.05, 0) is 62.2 Å². The number of hydrogen-bond donors (Lipinski definition) is 3. The predicted octanol–water partition coefficient (Wildman–Crippen LogP) is 3.80. The van der Waals surface area contributed by atoms with Crippen LogP contribution in [0.4, 0.5) is 11.4 Å². The average molecular weight is 341 g/mol. The molecule has 2 aromatic rings. The van der Waals surface area contributed by atoms with E-state index in [1.165, 1.54) is 12.8 Å². The molecule has 0 bridgehead atoms. The quantitative estimate of drug-likeness (QED) is 0.696. The van der Waals surface area contributed by atoms with Crippen LogP contribution in [-0.4, -0.2) is 19.2 Å². The Morgan fingerprint density at radius 2 is 1.76 bits per heavy atom. The van der Waals surface area contributed by atoms with Crippen molar-refractivity contribution in [1.29, 1.82) is 0 Å². The van der Waals surface area contributed by atoms with Gasteiger partial charge in [-0.2, -0.15) is 0 Å². The summed E-state index contributed by atoms with van der Waals surface area (Å²) in [4.78, 5) is 0. The summed E-state index contributed by atoms with van der Waals surface area (Å²) in [7, 11) is 0. The van der Waals surface area contributed by atoms with Crippen molar-refractivity contribution in [2.24, 2.45) is 5.92 Å². The molecule has 1 saturated heterocycles. The Balaban J connectivity index is 1.61. The molecule has 0 saturated carbocycles. The molecule has 1 fully saturated rings. The van der Waals surface area contributed by atoms with E-state index in [-0.39, 0.29) is 6.10 Å². The number of benzene rings is 2. The molecule has 25 heavy (non-hydrogen) atoms. The van der Waals surface area contributed by atoms with E-state index < -0.39 is 0 Å². The average Bonchev–Trinajstić information content (AvgIpc) is 2.65. The van der Waals surface area contributed by atoms with Crippen molar-refractivity contribution in [2.75, 3.05) is 24.6 Å². The molecule has 0 spiro atoms. The van der Waals surface area contributed by atoms with E-state index in [4.69, 9.17) is 20.9 Å². The lowest BCUT2D eigenvalue weighted by molar-refractivity contribution is 0.111. The van der Waals surface area contributed by atoms with Crippen LogP contribution in [0.5, 0.6) is 17.2 Å². The van der Waals surface area contributed by atoms with E-state index in [1.807, 2.05) is 24.3 Å². The van der Waals surface area contributed by atoms with Gasteiger partial charge in [0, 0.05) is 18.5 Å². The van der Waals surface area contributed by atoms with Gasteiger partial charge in [0.15, 0.2) is 0 Å². The Labute approximate surface area is 149 Å². The largest absolute Gasteiger partial charge is 0.490 e. The fourth-order valence-electron chi connectivity index (χ4n) is 3.22. The molecule has 1 aliphatic rings. The summed E-state index contributed by atoms with van der Waals surface area (Å²) in [6.07, 6.45) is 3.71. The molecule has 3 rings (SSSR count). The number of ether oxygens (including phenoxy) is 2. The first-order valence-electron chi connectivity index (χ1n) is 8.96. The molecule has 0 radical (unpaired) electrons. The predicted molar refractivity (Wildman–Crippen MR) is 102 cm³/mol. The number of hydrogen-bond acceptors (Lipinski definition) is 5. The Morgan fingerprint density at radius 1 is 1.04 bits per heavy atom. The summed E-state index contributed by atoms with van der Waals surface area (Å²) >= 11 is 0. The van der Waals surface area contributed by atoms with Crippen molar-refractivity contribution in [3.63, 3.8) is 0 Å². The van der Waals surface area contributed by atoms with Gasteiger partial charge in [-0.25, -0.2) is 0 Å². The third-order valence-corrected chi connectivity index (χ3v) is 4.67. The fourth-order valence-corrected chi connectivity index (χ4v) is 3.22. The number of anilines is 2. The van der Waals surface area contributed by atoms with E-state index in [0.717, 1.165) is 31.0 Å². The number of rotatable bonds is 6. The minimum Gasteiger partial charge on any atom is -0.490 e. The molecular formula is C20H27N3O2. The van der Waals surface area contributed by atoms with Crippen LogP contribution in [-0.2, 0) is 0 Å². The molecule has 0 amide bonds. The van der Waals surface area contributed by atoms with Crippen molar-refractivity contribution < 1.29 is 9.47 Å². The molecule has 5 nitrogen and oxygen atoms in total. The zero-order valence-corrected chi connectivity index (χ0v) is 14.7. The van der Waals surface area contributed by atoms with Crippen molar-refractivity contribution in [3.8, 4) is 17.2 Å². The lowest BCUT2D eigenvalue weighted by Gasteiger charge is -2.30. The summed E-state index contributed by atoms with van der Waals surface area (Å²) in [5, 5.41) is 3.46. The minimum absolute atomic E-state index is 0.247. The van der Waals surface area contributed by atoms with Gasteiger partial charge in [0.05, 0.1) is 11.4 Å². The SMILES string of the molecule is CCC(Oc1ccc(Oc2ccc(N)c(N)c2)cc1)C1CCCNC1. The lowest BCUT2D eigenvalue weighted by atomic mass is 9.92. The van der Waals surface area contributed by atoms with Crippen LogP contribution in [0.2, 0.25) is 0 Å². The van der Waals surface area contributed by atoms with Crippen LogP contribution in [0.1, 0.15) is 26.2 Å². The Hall–Kier alpha value is -2.40. The molecule has 2 aromatic carbocycles. The fraction of sp³-hybridized carbons (Fsp3) is 0.400. The van der Waals surface area contributed by atoms with Gasteiger partial charge in [0.25, 0.3) is 0 Å². The molecule has 5 heteroatoms. The zero-order chi connectivity index (χ0) is 17.6. The van der Waals surface area contributed by atoms with Crippen molar-refractivity contribution in [3.05, 3.63) is 42.5 Å². The molecular weight excluding hydrogens is 314 g/mol. The lowest BCUT2D eigenvalue weighted by Crippen LogP contribution is -2.39. The summed E-state index contributed by atoms with van der Waals surface area (Å²) in [5.41, 5.74) is 12.6. The zero-order valence-electron chi connectivity index (χ0n) is 14.7. The topological polar surface area (TPSA) is 82.5 Å². The molecule has 0 aliphatic carbocycles. The highest BCUT2D eigenvalue weighted by molar-refractivity contribution is 5.65. The van der Waals surface area contributed by atoms with Crippen LogP contribution < -0.4 is 26.3 Å². The van der Waals surface area contributed by atoms with E-state index in [2.05, 4.69) is 12.2 Å². The number of nitrogens with two attached hydrogens (primary N) is 2. The van der Waals surface area contributed by atoms with Gasteiger partial charge < -0.3 is 26.3 Å². The first-order chi connectivity index (χ1) is 12.2. The second-order valence-electron chi connectivity index (χ2n) is 6.54. The van der Waals surface area contributed by atoms with Gasteiger partial charge in [-0.1, -0.05) is 6.92 Å². The third kappa shape index (κ3) is 4.57. The maximum atomic E-state index is 6.21. The van der Waals surface area contributed by atoms with Crippen molar-refractivity contribution >= 4 is 11.4 Å². The van der Waals surface area contributed by atoms with Crippen molar-refractivity contribution in [1.82, 2.24) is 5.32 Å². The summed E-state index contributed by atoms with van der Waals surface area (Å²) < 4.78 is 12.0. The highest BCUT2D eigenvalue weighted by Crippen LogP contribution is 2.29. The maximum Gasteiger partial charge on any atom is 0.129 e. The maximum absolute atomic E-state index is 6.21. The van der Waals surface area contributed by atoms with Crippen LogP contribution in [0, 0.1) is 5.92 Å². The minimum atomic E-state index is 0.247. The first-order valence-corrected chi connectivity index (χ1v) is 8.96. The summed E-state index contributed by atoms with van der Waals surface area (Å²) in [5.74, 6) is 2.86. The van der Waals surface area contributed by atoms with Gasteiger partial charge in [0.2, 0.25) is 0 Å². The highest BCUT2D eigenvalue weighted by Gasteiger charge is 2.23. The molecule has 1 heterocycles. The molecule has 1 aliphatic heterocycles. The summed E-state index contributed by atoms with van der Waals surface area (Å²) in [6.45, 7) is 4.34. The number of nitrogens with one attached hydrogen (secondary N) is 1. The van der Waals surface area contributed by atoms with Crippen LogP contribution in [0.25, 0.3) is 0 Å². The highest BCUT2D eigenvalue weighted by atomic mass is 16.5. The smallest absolute Gasteiger partial charge is 0.129 e. The van der Waals surface area contributed by atoms with Crippen LogP contribution >= 0.6 is 0 Å². The molecule has 5 N–H and O–H groups in total. The van der Waals surface area contributed by atoms with E-state index in [9.17, 15) is 0 Å². The van der Waals surface area contributed by atoms with Crippen LogP contribution in [0.3, 0.4) is 0 Å². The van der Waals surface area contributed by atoms with Crippen molar-refractivity contribution in [2.45, 2.75) is 32.3 Å². The van der Waals surface area contributed by atoms with Gasteiger partial charge in [-0.15, -0.1) is 0 Å². The monoisotopic (exact) mass is 341 g/mol. The standard InChI is InChI=1S/C20H27N3O2/c1-2-20(14-4-3-11-23-13-14)25-16-7-5-15(6-8-16)24-17-9-10-18(21)19(22)12-17/h5-10,12,14,20,23H,2-4,11,13,21-22H2,1H3. The van der Waals surface area contributed by atoms with Gasteiger partial charge >= 0.3 is 0 Å². The normalized spacial score (nSPS) is 18.5. The third-order valence-electron chi connectivity index (χ3n) is 4.67. The number of piperidine rings is 1. The first kappa shape index (κ1) is 17.4. The Kier molecular flexibility index (Phi) is 5.66. The second-order valence-corrected chi connectivity index (χ2v) is 6.54. The van der Waals surface area contributed by atoms with E-state index in [1.54, 1.807) is 18.2 Å². The second kappa shape index (κ2) is 8.12. The summed E-state index contributed by atoms with van der Waals surface area (Å²) in [6, 6.07) is 13.0. The molecule has 2 atom stereocenters. The number of nitrogen functional groups attached to an aromatic ring is 2. The van der Waals surface area contributed by atoms with E-state index in [0.29, 0.717) is 23.0 Å². The Morgan fingerprint density at radius 3 is 2.40 bits per heavy atom. The van der Waals surface area contributed by atoms with Crippen LogP contribution in [0.15, 0.2) is 42.5 Å². The van der Waals surface area contributed by atoms with Gasteiger partial charge in [-0.3, -0.25) is 0 Å². The molecule has 2 unspecified atom stereocenters. The van der Waals surface area contributed by atoms with E-state index >= 15 is 0 Å². The molecule has 134 valence electrons. The molecule has 0 aromatic heterocycles. The Bertz CT molecular complexity index is 682.